The summed E-state index contributed by atoms with van der Waals surface area (Å²) in [6.45, 7) is 3.36. The molecule has 0 bridgehead atoms. The van der Waals surface area contributed by atoms with E-state index in [-0.39, 0.29) is 11.5 Å². The fourth-order valence-corrected chi connectivity index (χ4v) is 0.608. The summed E-state index contributed by atoms with van der Waals surface area (Å²) >= 11 is 0. The zero-order valence-electron chi connectivity index (χ0n) is 5.67. The van der Waals surface area contributed by atoms with Crippen LogP contribution in [0.25, 0.3) is 6.08 Å². The quantitative estimate of drug-likeness (QED) is 0.654. The van der Waals surface area contributed by atoms with Crippen molar-refractivity contribution in [1.82, 2.24) is 9.97 Å². The lowest BCUT2D eigenvalue weighted by atomic mass is 10.4. The molecular weight excluding hydrogens is 150 g/mol. The Morgan fingerprint density at radius 1 is 1.55 bits per heavy atom. The van der Waals surface area contributed by atoms with Crippen LogP contribution < -0.4 is 0 Å². The van der Waals surface area contributed by atoms with E-state index in [1.807, 2.05) is 0 Å². The summed E-state index contributed by atoms with van der Waals surface area (Å²) in [6.07, 6.45) is 0.0638. The number of hydrogen-bond donors (Lipinski definition) is 0. The number of nitrogens with zero attached hydrogens (tertiary/aromatic N) is 2. The van der Waals surface area contributed by atoms with Crippen molar-refractivity contribution in [3.63, 3.8) is 0 Å². The van der Waals surface area contributed by atoms with E-state index < -0.39 is 6.43 Å². The van der Waals surface area contributed by atoms with Gasteiger partial charge in [-0.25, -0.2) is 18.7 Å². The van der Waals surface area contributed by atoms with E-state index in [9.17, 15) is 8.78 Å². The van der Waals surface area contributed by atoms with E-state index in [1.165, 1.54) is 18.3 Å². The van der Waals surface area contributed by atoms with Gasteiger partial charge in [-0.1, -0.05) is 6.58 Å². The third kappa shape index (κ3) is 1.80. The third-order valence-electron chi connectivity index (χ3n) is 1.10. The Hall–Kier alpha value is -1.32. The van der Waals surface area contributed by atoms with Crippen molar-refractivity contribution in [2.45, 2.75) is 6.43 Å². The van der Waals surface area contributed by atoms with E-state index in [2.05, 4.69) is 16.5 Å². The van der Waals surface area contributed by atoms with Gasteiger partial charge in [0.1, 0.15) is 5.69 Å². The highest BCUT2D eigenvalue weighted by Gasteiger charge is 2.07. The van der Waals surface area contributed by atoms with E-state index >= 15 is 0 Å². The number of rotatable bonds is 2. The van der Waals surface area contributed by atoms with Crippen LogP contribution >= 0.6 is 0 Å². The van der Waals surface area contributed by atoms with Crippen LogP contribution in [-0.4, -0.2) is 9.97 Å². The minimum absolute atomic E-state index is 0.225. The minimum atomic E-state index is -2.54. The van der Waals surface area contributed by atoms with E-state index in [1.54, 1.807) is 0 Å². The molecule has 0 aromatic carbocycles. The molecule has 0 amide bonds. The smallest absolute Gasteiger partial charge is 0.237 e. The van der Waals surface area contributed by atoms with Crippen molar-refractivity contribution in [2.75, 3.05) is 0 Å². The van der Waals surface area contributed by atoms with Gasteiger partial charge in [0.25, 0.3) is 6.43 Å². The first-order chi connectivity index (χ1) is 5.24. The molecule has 1 heterocycles. The molecule has 4 heteroatoms. The first kappa shape index (κ1) is 7.78. The number of aromatic nitrogens is 2. The fraction of sp³-hybridized carbons (Fsp3) is 0.143. The van der Waals surface area contributed by atoms with Crippen molar-refractivity contribution in [1.29, 1.82) is 0 Å². The van der Waals surface area contributed by atoms with Crippen LogP contribution in [0.2, 0.25) is 0 Å². The van der Waals surface area contributed by atoms with Gasteiger partial charge >= 0.3 is 0 Å². The molecule has 0 radical (unpaired) electrons. The van der Waals surface area contributed by atoms with Gasteiger partial charge in [-0.3, -0.25) is 0 Å². The van der Waals surface area contributed by atoms with Gasteiger partial charge in [0.2, 0.25) is 0 Å². The predicted molar refractivity (Wildman–Crippen MR) is 37.1 cm³/mol. The summed E-state index contributed by atoms with van der Waals surface area (Å²) in [7, 11) is 0. The zero-order valence-corrected chi connectivity index (χ0v) is 5.67. The van der Waals surface area contributed by atoms with Gasteiger partial charge in [-0.15, -0.1) is 0 Å². The maximum Gasteiger partial charge on any atom is 0.280 e. The summed E-state index contributed by atoms with van der Waals surface area (Å²) in [5.41, 5.74) is -0.269. The second kappa shape index (κ2) is 3.18. The highest BCUT2D eigenvalue weighted by atomic mass is 19.3. The second-order valence-electron chi connectivity index (χ2n) is 1.84. The Kier molecular flexibility index (Phi) is 2.25. The fourth-order valence-electron chi connectivity index (χ4n) is 0.608. The standard InChI is InChI=1S/C7H6F2N2/c1-2-6-10-4-3-5(11-6)7(8)9/h2-4,7H,1H2. The first-order valence-electron chi connectivity index (χ1n) is 2.97. The number of halogens is 2. The summed E-state index contributed by atoms with van der Waals surface area (Å²) in [5, 5.41) is 0. The van der Waals surface area contributed by atoms with Crippen LogP contribution in [0.1, 0.15) is 17.9 Å². The van der Waals surface area contributed by atoms with Crippen LogP contribution in [0.3, 0.4) is 0 Å². The minimum Gasteiger partial charge on any atom is -0.237 e. The summed E-state index contributed by atoms with van der Waals surface area (Å²) in [4.78, 5) is 7.19. The van der Waals surface area contributed by atoms with Gasteiger partial charge in [-0.2, -0.15) is 0 Å². The van der Waals surface area contributed by atoms with E-state index in [0.717, 1.165) is 0 Å². The second-order valence-corrected chi connectivity index (χ2v) is 1.84. The zero-order chi connectivity index (χ0) is 8.27. The average Bonchev–Trinajstić information content (AvgIpc) is 2.05. The van der Waals surface area contributed by atoms with Crippen LogP contribution in [0, 0.1) is 0 Å². The molecule has 0 spiro atoms. The van der Waals surface area contributed by atoms with Crippen LogP contribution in [-0.2, 0) is 0 Å². The maximum absolute atomic E-state index is 12.0. The van der Waals surface area contributed by atoms with Crippen LogP contribution in [0.4, 0.5) is 8.78 Å². The number of hydrogen-bond acceptors (Lipinski definition) is 2. The van der Waals surface area contributed by atoms with Crippen molar-refractivity contribution < 1.29 is 8.78 Å². The first-order valence-corrected chi connectivity index (χ1v) is 2.97. The molecule has 11 heavy (non-hydrogen) atoms. The Labute approximate surface area is 62.6 Å². The highest BCUT2D eigenvalue weighted by molar-refractivity contribution is 5.35. The molecule has 58 valence electrons. The molecule has 0 saturated carbocycles. The van der Waals surface area contributed by atoms with Crippen LogP contribution in [0.5, 0.6) is 0 Å². The predicted octanol–water partition coefficient (Wildman–Crippen LogP) is 2.06. The molecule has 1 rings (SSSR count). The van der Waals surface area contributed by atoms with Crippen molar-refractivity contribution in [3.8, 4) is 0 Å². The summed E-state index contributed by atoms with van der Waals surface area (Å²) < 4.78 is 23.9. The van der Waals surface area contributed by atoms with Gasteiger partial charge in [0.15, 0.2) is 5.82 Å². The largest absolute Gasteiger partial charge is 0.280 e. The average molecular weight is 156 g/mol. The normalized spacial score (nSPS) is 10.1. The molecule has 2 nitrogen and oxygen atoms in total. The Morgan fingerprint density at radius 3 is 2.82 bits per heavy atom. The Morgan fingerprint density at radius 2 is 2.27 bits per heavy atom. The van der Waals surface area contributed by atoms with Crippen molar-refractivity contribution >= 4 is 6.08 Å². The van der Waals surface area contributed by atoms with Gasteiger partial charge in [0, 0.05) is 6.20 Å². The molecule has 0 fully saturated rings. The van der Waals surface area contributed by atoms with Crippen molar-refractivity contribution in [3.05, 3.63) is 30.4 Å². The Balaban J connectivity index is 3.00. The maximum atomic E-state index is 12.0. The van der Waals surface area contributed by atoms with Crippen molar-refractivity contribution in [2.24, 2.45) is 0 Å². The summed E-state index contributed by atoms with van der Waals surface area (Å²) in [5.74, 6) is 0.225. The molecule has 0 saturated heterocycles. The van der Waals surface area contributed by atoms with Crippen LogP contribution in [0.15, 0.2) is 18.8 Å². The molecular formula is C7H6F2N2. The molecule has 0 aliphatic carbocycles. The summed E-state index contributed by atoms with van der Waals surface area (Å²) in [6, 6.07) is 1.18. The molecule has 1 aromatic heterocycles. The number of alkyl halides is 2. The topological polar surface area (TPSA) is 25.8 Å². The SMILES string of the molecule is C=Cc1nccc(C(F)F)n1. The van der Waals surface area contributed by atoms with Gasteiger partial charge in [0.05, 0.1) is 0 Å². The molecule has 0 unspecified atom stereocenters. The molecule has 0 aliphatic rings. The molecule has 0 N–H and O–H groups in total. The van der Waals surface area contributed by atoms with E-state index in [4.69, 9.17) is 0 Å². The lowest BCUT2D eigenvalue weighted by Crippen LogP contribution is -1.93. The highest BCUT2D eigenvalue weighted by Crippen LogP contribution is 2.14. The molecule has 0 atom stereocenters. The lowest BCUT2D eigenvalue weighted by Gasteiger charge is -1.97. The van der Waals surface area contributed by atoms with Gasteiger partial charge in [-0.05, 0) is 12.1 Å². The Bertz CT molecular complexity index is 260. The molecule has 0 aliphatic heterocycles. The third-order valence-corrected chi connectivity index (χ3v) is 1.10. The van der Waals surface area contributed by atoms with E-state index in [0.29, 0.717) is 0 Å². The lowest BCUT2D eigenvalue weighted by molar-refractivity contribution is 0.146. The van der Waals surface area contributed by atoms with Gasteiger partial charge < -0.3 is 0 Å². The monoisotopic (exact) mass is 156 g/mol. The molecule has 1 aromatic rings.